The van der Waals surface area contributed by atoms with Gasteiger partial charge in [-0.15, -0.1) is 0 Å². The molecule has 0 heterocycles. The summed E-state index contributed by atoms with van der Waals surface area (Å²) in [4.78, 5) is 0. The molecule has 0 amide bonds. The molecule has 0 spiro atoms. The maximum Gasteiger partial charge on any atom is 0.127 e. The zero-order valence-electron chi connectivity index (χ0n) is 11.3. The van der Waals surface area contributed by atoms with Crippen molar-refractivity contribution in [1.29, 1.82) is 0 Å². The minimum absolute atomic E-state index is 0.352. The van der Waals surface area contributed by atoms with Gasteiger partial charge in [0.15, 0.2) is 0 Å². The Kier molecular flexibility index (Phi) is 3.17. The van der Waals surface area contributed by atoms with Crippen LogP contribution in [0.4, 0.5) is 0 Å². The SMILES string of the molecule is Cc1cc(C)c(OCC2CC2)c(C(C)(C)N)c1. The molecule has 1 aromatic rings. The Morgan fingerprint density at radius 3 is 2.47 bits per heavy atom. The summed E-state index contributed by atoms with van der Waals surface area (Å²) >= 11 is 0. The van der Waals surface area contributed by atoms with E-state index in [9.17, 15) is 0 Å². The summed E-state index contributed by atoms with van der Waals surface area (Å²) in [6.45, 7) is 9.11. The van der Waals surface area contributed by atoms with E-state index >= 15 is 0 Å². The van der Waals surface area contributed by atoms with Crippen LogP contribution in [-0.4, -0.2) is 6.61 Å². The Bertz CT molecular complexity index is 414. The minimum Gasteiger partial charge on any atom is -0.493 e. The lowest BCUT2D eigenvalue weighted by atomic mass is 9.91. The molecule has 0 atom stereocenters. The van der Waals surface area contributed by atoms with Crippen molar-refractivity contribution in [3.63, 3.8) is 0 Å². The summed E-state index contributed by atoms with van der Waals surface area (Å²) in [6.07, 6.45) is 2.62. The minimum atomic E-state index is -0.352. The summed E-state index contributed by atoms with van der Waals surface area (Å²) in [5.74, 6) is 1.76. The van der Waals surface area contributed by atoms with E-state index in [4.69, 9.17) is 10.5 Å². The van der Waals surface area contributed by atoms with E-state index < -0.39 is 0 Å². The van der Waals surface area contributed by atoms with Crippen molar-refractivity contribution in [3.8, 4) is 5.75 Å². The van der Waals surface area contributed by atoms with Crippen LogP contribution in [0.3, 0.4) is 0 Å². The number of aryl methyl sites for hydroxylation is 2. The van der Waals surface area contributed by atoms with E-state index in [1.165, 1.54) is 24.0 Å². The Hall–Kier alpha value is -1.02. The molecule has 0 aliphatic heterocycles. The molecule has 1 aliphatic rings. The first-order valence-corrected chi connectivity index (χ1v) is 6.41. The third kappa shape index (κ3) is 3.01. The summed E-state index contributed by atoms with van der Waals surface area (Å²) in [6, 6.07) is 4.31. The molecule has 0 saturated heterocycles. The van der Waals surface area contributed by atoms with Crippen molar-refractivity contribution in [1.82, 2.24) is 0 Å². The quantitative estimate of drug-likeness (QED) is 0.866. The number of hydrogen-bond donors (Lipinski definition) is 1. The van der Waals surface area contributed by atoms with Crippen LogP contribution in [-0.2, 0) is 5.54 Å². The maximum absolute atomic E-state index is 6.24. The third-order valence-electron chi connectivity index (χ3n) is 3.27. The molecule has 94 valence electrons. The molecule has 1 aliphatic carbocycles. The third-order valence-corrected chi connectivity index (χ3v) is 3.27. The fraction of sp³-hybridized carbons (Fsp3) is 0.600. The Balaban J connectivity index is 2.32. The predicted molar refractivity (Wildman–Crippen MR) is 71.3 cm³/mol. The zero-order valence-corrected chi connectivity index (χ0v) is 11.3. The van der Waals surface area contributed by atoms with Gasteiger partial charge in [-0.25, -0.2) is 0 Å². The molecule has 0 aromatic heterocycles. The lowest BCUT2D eigenvalue weighted by molar-refractivity contribution is 0.289. The average Bonchev–Trinajstić information content (AvgIpc) is 2.97. The monoisotopic (exact) mass is 233 g/mol. The summed E-state index contributed by atoms with van der Waals surface area (Å²) in [5, 5.41) is 0. The first-order chi connectivity index (χ1) is 7.88. The van der Waals surface area contributed by atoms with Crippen LogP contribution < -0.4 is 10.5 Å². The molecule has 2 N–H and O–H groups in total. The van der Waals surface area contributed by atoms with Crippen molar-refractivity contribution in [2.24, 2.45) is 11.7 Å². The molecule has 17 heavy (non-hydrogen) atoms. The van der Waals surface area contributed by atoms with Crippen LogP contribution in [0, 0.1) is 19.8 Å². The molecular formula is C15H23NO. The molecule has 1 aromatic carbocycles. The highest BCUT2D eigenvalue weighted by Crippen LogP contribution is 2.35. The molecule has 1 fully saturated rings. The largest absolute Gasteiger partial charge is 0.493 e. The van der Waals surface area contributed by atoms with Gasteiger partial charge in [-0.05, 0) is 52.0 Å². The van der Waals surface area contributed by atoms with Crippen LogP contribution in [0.25, 0.3) is 0 Å². The van der Waals surface area contributed by atoms with Crippen molar-refractivity contribution >= 4 is 0 Å². The van der Waals surface area contributed by atoms with E-state index in [1.807, 2.05) is 13.8 Å². The van der Waals surface area contributed by atoms with Gasteiger partial charge in [-0.3, -0.25) is 0 Å². The lowest BCUT2D eigenvalue weighted by Crippen LogP contribution is -2.30. The summed E-state index contributed by atoms with van der Waals surface area (Å²) in [5.41, 5.74) is 9.45. The first-order valence-electron chi connectivity index (χ1n) is 6.41. The van der Waals surface area contributed by atoms with Crippen LogP contribution in [0.2, 0.25) is 0 Å². The first kappa shape index (κ1) is 12.4. The molecule has 2 rings (SSSR count). The number of hydrogen-bond acceptors (Lipinski definition) is 2. The van der Waals surface area contributed by atoms with E-state index in [-0.39, 0.29) is 5.54 Å². The van der Waals surface area contributed by atoms with Crippen LogP contribution >= 0.6 is 0 Å². The van der Waals surface area contributed by atoms with Gasteiger partial charge in [0.1, 0.15) is 5.75 Å². The van der Waals surface area contributed by atoms with Gasteiger partial charge < -0.3 is 10.5 Å². The molecule has 0 bridgehead atoms. The smallest absolute Gasteiger partial charge is 0.127 e. The maximum atomic E-state index is 6.24. The predicted octanol–water partition coefficient (Wildman–Crippen LogP) is 3.29. The molecular weight excluding hydrogens is 210 g/mol. The lowest BCUT2D eigenvalue weighted by Gasteiger charge is -2.25. The van der Waals surface area contributed by atoms with Crippen molar-refractivity contribution in [2.45, 2.75) is 46.1 Å². The number of benzene rings is 1. The fourth-order valence-corrected chi connectivity index (χ4v) is 2.11. The van der Waals surface area contributed by atoms with Crippen LogP contribution in [0.15, 0.2) is 12.1 Å². The molecule has 2 nitrogen and oxygen atoms in total. The molecule has 0 radical (unpaired) electrons. The molecule has 2 heteroatoms. The Labute approximate surface area is 104 Å². The van der Waals surface area contributed by atoms with E-state index in [0.29, 0.717) is 0 Å². The zero-order chi connectivity index (χ0) is 12.6. The van der Waals surface area contributed by atoms with E-state index in [0.717, 1.165) is 23.8 Å². The van der Waals surface area contributed by atoms with Gasteiger partial charge in [0.25, 0.3) is 0 Å². The van der Waals surface area contributed by atoms with Gasteiger partial charge in [0.2, 0.25) is 0 Å². The second kappa shape index (κ2) is 4.34. The molecule has 0 unspecified atom stereocenters. The standard InChI is InChI=1S/C15H23NO/c1-10-7-11(2)14(17-9-12-5-6-12)13(8-10)15(3,4)16/h7-8,12H,5-6,9,16H2,1-4H3. The Morgan fingerprint density at radius 1 is 1.29 bits per heavy atom. The Morgan fingerprint density at radius 2 is 1.94 bits per heavy atom. The second-order valence-corrected chi connectivity index (χ2v) is 5.93. The van der Waals surface area contributed by atoms with Crippen LogP contribution in [0.5, 0.6) is 5.75 Å². The number of nitrogens with two attached hydrogens (primary N) is 1. The van der Waals surface area contributed by atoms with Crippen molar-refractivity contribution in [2.75, 3.05) is 6.61 Å². The number of rotatable bonds is 4. The van der Waals surface area contributed by atoms with Gasteiger partial charge in [0, 0.05) is 11.1 Å². The molecule has 1 saturated carbocycles. The summed E-state index contributed by atoms with van der Waals surface area (Å²) < 4.78 is 5.99. The fourth-order valence-electron chi connectivity index (χ4n) is 2.11. The topological polar surface area (TPSA) is 35.2 Å². The van der Waals surface area contributed by atoms with Crippen LogP contribution in [0.1, 0.15) is 43.4 Å². The van der Waals surface area contributed by atoms with Gasteiger partial charge in [-0.2, -0.15) is 0 Å². The second-order valence-electron chi connectivity index (χ2n) is 5.93. The van der Waals surface area contributed by atoms with E-state index in [2.05, 4.69) is 26.0 Å². The number of ether oxygens (including phenoxy) is 1. The van der Waals surface area contributed by atoms with Gasteiger partial charge in [0.05, 0.1) is 6.61 Å². The summed E-state index contributed by atoms with van der Waals surface area (Å²) in [7, 11) is 0. The normalized spacial score (nSPS) is 16.1. The highest BCUT2D eigenvalue weighted by molar-refractivity contribution is 5.47. The highest BCUT2D eigenvalue weighted by atomic mass is 16.5. The van der Waals surface area contributed by atoms with E-state index in [1.54, 1.807) is 0 Å². The highest BCUT2D eigenvalue weighted by Gasteiger charge is 2.25. The van der Waals surface area contributed by atoms with Gasteiger partial charge in [-0.1, -0.05) is 17.7 Å². The average molecular weight is 233 g/mol. The van der Waals surface area contributed by atoms with Gasteiger partial charge >= 0.3 is 0 Å². The van der Waals surface area contributed by atoms with Crippen molar-refractivity contribution in [3.05, 3.63) is 28.8 Å². The van der Waals surface area contributed by atoms with Crippen molar-refractivity contribution < 1.29 is 4.74 Å².